The predicted molar refractivity (Wildman–Crippen MR) is 75.1 cm³/mol. The zero-order valence-corrected chi connectivity index (χ0v) is 10.6. The van der Waals surface area contributed by atoms with Crippen LogP contribution in [-0.4, -0.2) is 13.2 Å². The third-order valence-corrected chi connectivity index (χ3v) is 3.31. The Hall–Kier alpha value is -1.96. The predicted octanol–water partition coefficient (Wildman–Crippen LogP) is 3.54. The van der Waals surface area contributed by atoms with Crippen LogP contribution in [0.4, 0.5) is 0 Å². The van der Waals surface area contributed by atoms with Crippen LogP contribution >= 0.6 is 0 Å². The monoisotopic (exact) mass is 239 g/mol. The van der Waals surface area contributed by atoms with E-state index in [-0.39, 0.29) is 0 Å². The summed E-state index contributed by atoms with van der Waals surface area (Å²) in [6.07, 6.45) is 0.979. The molecule has 3 rings (SSSR count). The summed E-state index contributed by atoms with van der Waals surface area (Å²) >= 11 is 0. The van der Waals surface area contributed by atoms with Crippen molar-refractivity contribution in [1.82, 2.24) is 5.32 Å². The number of benzene rings is 2. The smallest absolute Gasteiger partial charge is 0.121 e. The largest absolute Gasteiger partial charge is 0.496 e. The number of ether oxygens (including phenoxy) is 1. The van der Waals surface area contributed by atoms with Gasteiger partial charge in [-0.2, -0.15) is 0 Å². The van der Waals surface area contributed by atoms with Gasteiger partial charge >= 0.3 is 0 Å². The van der Waals surface area contributed by atoms with E-state index in [4.69, 9.17) is 4.74 Å². The van der Waals surface area contributed by atoms with Crippen molar-refractivity contribution in [3.8, 4) is 0 Å². The highest BCUT2D eigenvalue weighted by Crippen LogP contribution is 2.29. The first-order valence-corrected chi connectivity index (χ1v) is 6.48. The quantitative estimate of drug-likeness (QED) is 0.884. The van der Waals surface area contributed by atoms with Gasteiger partial charge in [-0.25, -0.2) is 0 Å². The average molecular weight is 239 g/mol. The summed E-state index contributed by atoms with van der Waals surface area (Å²) in [6.45, 7) is 3.73. The molecule has 92 valence electrons. The number of nitrogens with one attached hydrogen (secondary N) is 1. The van der Waals surface area contributed by atoms with E-state index in [2.05, 4.69) is 47.8 Å². The molecule has 0 spiro atoms. The summed E-state index contributed by atoms with van der Waals surface area (Å²) in [6, 6.07) is 14.9. The fourth-order valence-corrected chi connectivity index (χ4v) is 2.53. The maximum absolute atomic E-state index is 5.74. The van der Waals surface area contributed by atoms with Crippen molar-refractivity contribution in [3.05, 3.63) is 53.8 Å². The van der Waals surface area contributed by atoms with Gasteiger partial charge in [-0.15, -0.1) is 0 Å². The average Bonchev–Trinajstić information content (AvgIpc) is 2.87. The van der Waals surface area contributed by atoms with Gasteiger partial charge in [0.25, 0.3) is 0 Å². The first-order valence-electron chi connectivity index (χ1n) is 6.48. The van der Waals surface area contributed by atoms with Crippen LogP contribution in [0.5, 0.6) is 0 Å². The lowest BCUT2D eigenvalue weighted by Crippen LogP contribution is -2.06. The minimum Gasteiger partial charge on any atom is -0.496 e. The second-order valence-electron chi connectivity index (χ2n) is 4.43. The van der Waals surface area contributed by atoms with Crippen molar-refractivity contribution in [1.29, 1.82) is 0 Å². The molecule has 2 aromatic carbocycles. The van der Waals surface area contributed by atoms with Crippen LogP contribution in [0.2, 0.25) is 0 Å². The normalized spacial score (nSPS) is 14.9. The second kappa shape index (κ2) is 4.73. The maximum atomic E-state index is 5.74. The lowest BCUT2D eigenvalue weighted by molar-refractivity contribution is 0.226. The van der Waals surface area contributed by atoms with Gasteiger partial charge in [-0.1, -0.05) is 42.5 Å². The molecule has 0 bridgehead atoms. The Labute approximate surface area is 107 Å². The van der Waals surface area contributed by atoms with E-state index in [9.17, 15) is 0 Å². The third kappa shape index (κ3) is 1.84. The molecule has 0 saturated carbocycles. The van der Waals surface area contributed by atoms with Gasteiger partial charge in [0.15, 0.2) is 0 Å². The molecule has 0 aromatic heterocycles. The Bertz CT molecular complexity index is 596. The highest BCUT2D eigenvalue weighted by molar-refractivity contribution is 5.94. The second-order valence-corrected chi connectivity index (χ2v) is 4.43. The molecule has 1 N–H and O–H groups in total. The summed E-state index contributed by atoms with van der Waals surface area (Å²) in [4.78, 5) is 0. The van der Waals surface area contributed by atoms with E-state index < -0.39 is 0 Å². The molecular weight excluding hydrogens is 222 g/mol. The van der Waals surface area contributed by atoms with Crippen LogP contribution < -0.4 is 5.32 Å². The molecule has 1 aliphatic heterocycles. The van der Waals surface area contributed by atoms with Crippen LogP contribution in [-0.2, 0) is 4.74 Å². The lowest BCUT2D eigenvalue weighted by Gasteiger charge is -2.11. The fraction of sp³-hybridized carbons (Fsp3) is 0.250. The maximum Gasteiger partial charge on any atom is 0.121 e. The van der Waals surface area contributed by atoms with Crippen LogP contribution in [0.1, 0.15) is 18.9 Å². The van der Waals surface area contributed by atoms with E-state index in [0.717, 1.165) is 31.0 Å². The van der Waals surface area contributed by atoms with Crippen molar-refractivity contribution in [2.45, 2.75) is 13.3 Å². The van der Waals surface area contributed by atoms with E-state index in [0.29, 0.717) is 0 Å². The van der Waals surface area contributed by atoms with E-state index in [1.807, 2.05) is 6.92 Å². The Kier molecular flexibility index (Phi) is 2.93. The van der Waals surface area contributed by atoms with Crippen molar-refractivity contribution < 1.29 is 4.74 Å². The molecular formula is C16H17NO. The van der Waals surface area contributed by atoms with Gasteiger partial charge in [0.05, 0.1) is 12.3 Å². The van der Waals surface area contributed by atoms with Crippen LogP contribution in [0, 0.1) is 0 Å². The van der Waals surface area contributed by atoms with Crippen LogP contribution in [0.3, 0.4) is 0 Å². The molecule has 0 fully saturated rings. The first-order chi connectivity index (χ1) is 8.90. The molecule has 2 heteroatoms. The highest BCUT2D eigenvalue weighted by Gasteiger charge is 2.18. The zero-order chi connectivity index (χ0) is 12.4. The van der Waals surface area contributed by atoms with Crippen molar-refractivity contribution in [2.75, 3.05) is 13.2 Å². The number of hydrogen-bond donors (Lipinski definition) is 1. The van der Waals surface area contributed by atoms with Crippen LogP contribution in [0.25, 0.3) is 16.5 Å². The third-order valence-electron chi connectivity index (χ3n) is 3.31. The summed E-state index contributed by atoms with van der Waals surface area (Å²) in [5.41, 5.74) is 2.41. The molecule has 18 heavy (non-hydrogen) atoms. The highest BCUT2D eigenvalue weighted by atomic mass is 16.5. The number of hydrogen-bond acceptors (Lipinski definition) is 2. The number of fused-ring (bicyclic) bond motifs is 1. The zero-order valence-electron chi connectivity index (χ0n) is 10.6. The summed E-state index contributed by atoms with van der Waals surface area (Å²) < 4.78 is 5.74. The van der Waals surface area contributed by atoms with Gasteiger partial charge in [-0.3, -0.25) is 0 Å². The minimum absolute atomic E-state index is 0.727. The van der Waals surface area contributed by atoms with E-state index in [1.165, 1.54) is 16.3 Å². The standard InChI is InChI=1S/C16H17NO/c1-2-18-15-10-11-17-16(15)14-9-5-7-12-6-3-4-8-13(12)14/h3-9,17H,2,10-11H2,1H3. The minimum atomic E-state index is 0.727. The summed E-state index contributed by atoms with van der Waals surface area (Å²) in [5.74, 6) is 1.09. The molecule has 0 amide bonds. The molecule has 0 aliphatic carbocycles. The molecule has 2 aromatic rings. The summed E-state index contributed by atoms with van der Waals surface area (Å²) in [7, 11) is 0. The van der Waals surface area contributed by atoms with Crippen LogP contribution in [0.15, 0.2) is 48.2 Å². The molecule has 0 unspecified atom stereocenters. The van der Waals surface area contributed by atoms with E-state index >= 15 is 0 Å². The Morgan fingerprint density at radius 3 is 2.83 bits per heavy atom. The van der Waals surface area contributed by atoms with Crippen molar-refractivity contribution in [2.24, 2.45) is 0 Å². The Morgan fingerprint density at radius 1 is 1.11 bits per heavy atom. The van der Waals surface area contributed by atoms with Crippen molar-refractivity contribution >= 4 is 16.5 Å². The van der Waals surface area contributed by atoms with Gasteiger partial charge in [-0.05, 0) is 17.7 Å². The molecule has 2 nitrogen and oxygen atoms in total. The van der Waals surface area contributed by atoms with Gasteiger partial charge in [0, 0.05) is 18.5 Å². The van der Waals surface area contributed by atoms with Crippen molar-refractivity contribution in [3.63, 3.8) is 0 Å². The Balaban J connectivity index is 2.17. The molecule has 1 heterocycles. The molecule has 0 saturated heterocycles. The van der Waals surface area contributed by atoms with Gasteiger partial charge in [0.2, 0.25) is 0 Å². The van der Waals surface area contributed by atoms with Gasteiger partial charge < -0.3 is 10.1 Å². The van der Waals surface area contributed by atoms with Gasteiger partial charge in [0.1, 0.15) is 5.76 Å². The number of rotatable bonds is 3. The molecule has 0 atom stereocenters. The molecule has 1 aliphatic rings. The SMILES string of the molecule is CCOC1=C(c2cccc3ccccc23)NCC1. The fourth-order valence-electron chi connectivity index (χ4n) is 2.53. The first kappa shape index (κ1) is 11.1. The summed E-state index contributed by atoms with van der Waals surface area (Å²) in [5, 5.41) is 6.00. The Morgan fingerprint density at radius 2 is 1.94 bits per heavy atom. The molecule has 0 radical (unpaired) electrons. The van der Waals surface area contributed by atoms with E-state index in [1.54, 1.807) is 0 Å². The lowest BCUT2D eigenvalue weighted by atomic mass is 10.0. The topological polar surface area (TPSA) is 21.3 Å².